The molecule has 0 amide bonds. The maximum Gasteiger partial charge on any atom is 0.343 e. The third kappa shape index (κ3) is 2.44. The summed E-state index contributed by atoms with van der Waals surface area (Å²) >= 11 is 1.34. The van der Waals surface area contributed by atoms with E-state index in [1.165, 1.54) is 18.0 Å². The molecular weight excluding hydrogens is 236 g/mol. The molecule has 4 nitrogen and oxygen atoms in total. The van der Waals surface area contributed by atoms with Crippen LogP contribution in [0.25, 0.3) is 0 Å². The Morgan fingerprint density at radius 3 is 2.82 bits per heavy atom. The lowest BCUT2D eigenvalue weighted by Gasteiger charge is -2.39. The van der Waals surface area contributed by atoms with E-state index in [1.54, 1.807) is 0 Å². The van der Waals surface area contributed by atoms with Gasteiger partial charge >= 0.3 is 5.97 Å². The quantitative estimate of drug-likeness (QED) is 0.839. The van der Waals surface area contributed by atoms with Crippen molar-refractivity contribution in [3.8, 4) is 0 Å². The number of hydrogen-bond donors (Lipinski definition) is 1. The van der Waals surface area contributed by atoms with E-state index >= 15 is 0 Å². The number of esters is 1. The van der Waals surface area contributed by atoms with Crippen LogP contribution in [-0.4, -0.2) is 22.5 Å². The van der Waals surface area contributed by atoms with Crippen molar-refractivity contribution in [3.05, 3.63) is 11.3 Å². The monoisotopic (exact) mass is 254 g/mol. The molecule has 0 aliphatic heterocycles. The number of rotatable bonds is 4. The van der Waals surface area contributed by atoms with Crippen molar-refractivity contribution in [1.29, 1.82) is 0 Å². The van der Waals surface area contributed by atoms with Crippen LogP contribution in [0.1, 0.15) is 49.2 Å². The Morgan fingerprint density at radius 2 is 2.29 bits per heavy atom. The molecule has 0 radical (unpaired) electrons. The van der Waals surface area contributed by atoms with E-state index in [1.807, 2.05) is 13.8 Å². The van der Waals surface area contributed by atoms with Crippen molar-refractivity contribution in [1.82, 2.24) is 4.37 Å². The van der Waals surface area contributed by atoms with Gasteiger partial charge < -0.3 is 10.1 Å². The van der Waals surface area contributed by atoms with Crippen LogP contribution in [0.15, 0.2) is 0 Å². The minimum atomic E-state index is -0.274. The zero-order valence-electron chi connectivity index (χ0n) is 10.5. The van der Waals surface area contributed by atoms with Gasteiger partial charge in [0.15, 0.2) is 0 Å². The maximum atomic E-state index is 11.8. The molecule has 1 aliphatic carbocycles. The number of carbonyl (C=O) groups is 1. The van der Waals surface area contributed by atoms with Crippen LogP contribution in [0, 0.1) is 6.92 Å². The first kappa shape index (κ1) is 12.4. The van der Waals surface area contributed by atoms with E-state index in [9.17, 15) is 4.79 Å². The van der Waals surface area contributed by atoms with E-state index < -0.39 is 0 Å². The number of carbonyl (C=O) groups excluding carboxylic acids is 1. The van der Waals surface area contributed by atoms with Gasteiger partial charge in [0.1, 0.15) is 10.6 Å². The molecule has 5 heteroatoms. The van der Waals surface area contributed by atoms with Crippen molar-refractivity contribution >= 4 is 22.5 Å². The molecule has 17 heavy (non-hydrogen) atoms. The van der Waals surface area contributed by atoms with Gasteiger partial charge in [-0.05, 0) is 51.6 Å². The summed E-state index contributed by atoms with van der Waals surface area (Å²) in [6.07, 6.45) is 3.54. The molecule has 1 saturated carbocycles. The fourth-order valence-electron chi connectivity index (χ4n) is 2.00. The second kappa shape index (κ2) is 4.64. The van der Waals surface area contributed by atoms with E-state index in [0.29, 0.717) is 12.2 Å². The standard InChI is InChI=1S/C12H18N2O2S/c1-4-16-11(15)9-8(2)14-17-10(9)13-12(3)6-5-7-12/h13H,4-7H2,1-3H3. The van der Waals surface area contributed by atoms with Crippen LogP contribution < -0.4 is 5.32 Å². The molecule has 0 unspecified atom stereocenters. The third-order valence-corrected chi connectivity index (χ3v) is 4.07. The summed E-state index contributed by atoms with van der Waals surface area (Å²) in [4.78, 5) is 11.8. The summed E-state index contributed by atoms with van der Waals surface area (Å²) in [7, 11) is 0. The Bertz CT molecular complexity index is 424. The van der Waals surface area contributed by atoms with Crippen molar-refractivity contribution in [2.24, 2.45) is 0 Å². The third-order valence-electron chi connectivity index (χ3n) is 3.21. The lowest BCUT2D eigenvalue weighted by Crippen LogP contribution is -2.41. The van der Waals surface area contributed by atoms with E-state index in [4.69, 9.17) is 4.74 Å². The van der Waals surface area contributed by atoms with Gasteiger partial charge in [0.25, 0.3) is 0 Å². The first-order chi connectivity index (χ1) is 8.06. The molecule has 0 spiro atoms. The minimum absolute atomic E-state index is 0.125. The number of aromatic nitrogens is 1. The second-order valence-corrected chi connectivity index (χ2v) is 5.51. The molecule has 1 aromatic heterocycles. The molecule has 1 aliphatic rings. The number of nitrogens with one attached hydrogen (secondary N) is 1. The lowest BCUT2D eigenvalue weighted by atomic mass is 9.78. The van der Waals surface area contributed by atoms with Crippen LogP contribution in [0.4, 0.5) is 5.00 Å². The average molecular weight is 254 g/mol. The fourth-order valence-corrected chi connectivity index (χ4v) is 2.94. The Hall–Kier alpha value is -1.10. The van der Waals surface area contributed by atoms with Gasteiger partial charge in [-0.15, -0.1) is 0 Å². The molecule has 1 fully saturated rings. The first-order valence-electron chi connectivity index (χ1n) is 5.97. The predicted molar refractivity (Wildman–Crippen MR) is 68.7 cm³/mol. The van der Waals surface area contributed by atoms with Gasteiger partial charge in [0.05, 0.1) is 12.3 Å². The topological polar surface area (TPSA) is 51.2 Å². The van der Waals surface area contributed by atoms with Crippen LogP contribution in [0.3, 0.4) is 0 Å². The summed E-state index contributed by atoms with van der Waals surface area (Å²) in [6.45, 7) is 6.23. The molecular formula is C12H18N2O2S. The summed E-state index contributed by atoms with van der Waals surface area (Å²) in [5.74, 6) is -0.274. The zero-order valence-corrected chi connectivity index (χ0v) is 11.3. The average Bonchev–Trinajstić information content (AvgIpc) is 2.58. The molecule has 2 rings (SSSR count). The Morgan fingerprint density at radius 1 is 1.59 bits per heavy atom. The van der Waals surface area contributed by atoms with Gasteiger partial charge in [0, 0.05) is 5.54 Å². The van der Waals surface area contributed by atoms with Crippen molar-refractivity contribution in [2.75, 3.05) is 11.9 Å². The highest BCUT2D eigenvalue weighted by molar-refractivity contribution is 7.10. The van der Waals surface area contributed by atoms with Crippen molar-refractivity contribution < 1.29 is 9.53 Å². The van der Waals surface area contributed by atoms with Gasteiger partial charge in [-0.25, -0.2) is 4.79 Å². The summed E-state index contributed by atoms with van der Waals surface area (Å²) in [5.41, 5.74) is 1.48. The SMILES string of the molecule is CCOC(=O)c1c(C)nsc1NC1(C)CCC1. The number of anilines is 1. The number of hydrogen-bond acceptors (Lipinski definition) is 5. The Balaban J connectivity index is 2.19. The second-order valence-electron chi connectivity index (χ2n) is 4.73. The summed E-state index contributed by atoms with van der Waals surface area (Å²) in [5, 5.41) is 4.29. The molecule has 1 N–H and O–H groups in total. The van der Waals surface area contributed by atoms with Crippen LogP contribution in [-0.2, 0) is 4.74 Å². The highest BCUT2D eigenvalue weighted by atomic mass is 32.1. The number of aryl methyl sites for hydroxylation is 1. The van der Waals surface area contributed by atoms with Gasteiger partial charge in [0.2, 0.25) is 0 Å². The molecule has 0 saturated heterocycles. The highest BCUT2D eigenvalue weighted by Gasteiger charge is 2.33. The van der Waals surface area contributed by atoms with Crippen molar-refractivity contribution in [2.45, 2.75) is 45.6 Å². The molecule has 0 atom stereocenters. The number of ether oxygens (including phenoxy) is 1. The largest absolute Gasteiger partial charge is 0.462 e. The van der Waals surface area contributed by atoms with Gasteiger partial charge in [-0.3, -0.25) is 0 Å². The zero-order chi connectivity index (χ0) is 12.5. The Kier molecular flexibility index (Phi) is 3.38. The summed E-state index contributed by atoms with van der Waals surface area (Å²) in [6, 6.07) is 0. The molecule has 1 aromatic rings. The molecule has 0 aromatic carbocycles. The van der Waals surface area contributed by atoms with E-state index in [-0.39, 0.29) is 11.5 Å². The smallest absolute Gasteiger partial charge is 0.343 e. The number of nitrogens with zero attached hydrogens (tertiary/aromatic N) is 1. The molecule has 0 bridgehead atoms. The van der Waals surface area contributed by atoms with Gasteiger partial charge in [-0.2, -0.15) is 4.37 Å². The van der Waals surface area contributed by atoms with Crippen LogP contribution in [0.2, 0.25) is 0 Å². The van der Waals surface area contributed by atoms with Gasteiger partial charge in [-0.1, -0.05) is 0 Å². The van der Waals surface area contributed by atoms with E-state index in [2.05, 4.69) is 16.6 Å². The first-order valence-corrected chi connectivity index (χ1v) is 6.74. The fraction of sp³-hybridized carbons (Fsp3) is 0.667. The predicted octanol–water partition coefficient (Wildman–Crippen LogP) is 2.98. The maximum absolute atomic E-state index is 11.8. The minimum Gasteiger partial charge on any atom is -0.462 e. The van der Waals surface area contributed by atoms with Crippen LogP contribution >= 0.6 is 11.5 Å². The van der Waals surface area contributed by atoms with Crippen molar-refractivity contribution in [3.63, 3.8) is 0 Å². The summed E-state index contributed by atoms with van der Waals surface area (Å²) < 4.78 is 9.30. The molecule has 94 valence electrons. The normalized spacial score (nSPS) is 17.4. The Labute approximate surface area is 106 Å². The van der Waals surface area contributed by atoms with Crippen LogP contribution in [0.5, 0.6) is 0 Å². The lowest BCUT2D eigenvalue weighted by molar-refractivity contribution is 0.0526. The highest BCUT2D eigenvalue weighted by Crippen LogP contribution is 2.37. The molecule has 1 heterocycles. The van der Waals surface area contributed by atoms with E-state index in [0.717, 1.165) is 23.5 Å².